The van der Waals surface area contributed by atoms with Gasteiger partial charge in [0.2, 0.25) is 41.4 Å². The van der Waals surface area contributed by atoms with Crippen molar-refractivity contribution >= 4 is 53.5 Å². The zero-order chi connectivity index (χ0) is 60.9. The van der Waals surface area contributed by atoms with Crippen LogP contribution in [0.5, 0.6) is 0 Å². The molecular formula is C64H89N9O11. The van der Waals surface area contributed by atoms with Crippen molar-refractivity contribution in [2.75, 3.05) is 26.7 Å². The molecule has 2 fully saturated rings. The van der Waals surface area contributed by atoms with Gasteiger partial charge in [-0.2, -0.15) is 0 Å². The largest absolute Gasteiger partial charge is 0.445 e. The summed E-state index contributed by atoms with van der Waals surface area (Å²) in [7, 11) is 1.44. The molecule has 20 heteroatoms. The normalized spacial score (nSPS) is 21.2. The molecule has 9 amide bonds. The summed E-state index contributed by atoms with van der Waals surface area (Å²) in [5, 5.41) is 17.9. The predicted molar refractivity (Wildman–Crippen MR) is 316 cm³/mol. The number of nitrogens with zero attached hydrogens (tertiary/aromatic N) is 3. The Bertz CT molecular complexity index is 2830. The fourth-order valence-corrected chi connectivity index (χ4v) is 11.8. The number of benzene rings is 3. The molecule has 0 aromatic heterocycles. The number of aryl methyl sites for hydroxylation is 2. The Morgan fingerprint density at radius 3 is 1.82 bits per heavy atom. The van der Waals surface area contributed by atoms with E-state index in [2.05, 4.69) is 38.0 Å². The van der Waals surface area contributed by atoms with Crippen LogP contribution in [0.2, 0.25) is 0 Å². The molecule has 0 spiro atoms. The molecule has 7 rings (SSSR count). The summed E-state index contributed by atoms with van der Waals surface area (Å²) in [6.45, 7) is 14.5. The van der Waals surface area contributed by atoms with Crippen molar-refractivity contribution in [2.24, 2.45) is 11.3 Å². The summed E-state index contributed by atoms with van der Waals surface area (Å²) in [5.74, 6) is -2.81. The Hall–Kier alpha value is -7.51. The smallest absolute Gasteiger partial charge is 0.410 e. The first-order chi connectivity index (χ1) is 39.9. The van der Waals surface area contributed by atoms with Gasteiger partial charge in [0.25, 0.3) is 0 Å². The molecule has 6 N–H and O–H groups in total. The summed E-state index contributed by atoms with van der Waals surface area (Å²) in [5.41, 5.74) is 3.56. The van der Waals surface area contributed by atoms with Crippen LogP contribution in [0.3, 0.4) is 0 Å². The van der Waals surface area contributed by atoms with Gasteiger partial charge in [0.1, 0.15) is 42.4 Å². The van der Waals surface area contributed by atoms with Gasteiger partial charge in [0.05, 0.1) is 12.1 Å². The fourth-order valence-electron chi connectivity index (χ4n) is 11.8. The third-order valence-electron chi connectivity index (χ3n) is 16.4. The van der Waals surface area contributed by atoms with Crippen molar-refractivity contribution in [3.05, 3.63) is 107 Å². The maximum atomic E-state index is 14.8. The lowest BCUT2D eigenvalue weighted by Gasteiger charge is -2.37. The molecule has 84 heavy (non-hydrogen) atoms. The highest BCUT2D eigenvalue weighted by atomic mass is 16.6. The van der Waals surface area contributed by atoms with E-state index in [9.17, 15) is 43.2 Å². The van der Waals surface area contributed by atoms with Crippen LogP contribution in [0.1, 0.15) is 166 Å². The summed E-state index contributed by atoms with van der Waals surface area (Å²) in [6.07, 6.45) is 4.79. The number of alkyl carbamates (subject to hydrolysis) is 1. The monoisotopic (exact) mass is 1160 g/mol. The first-order valence-electron chi connectivity index (χ1n) is 30.0. The molecule has 2 aliphatic heterocycles. The molecule has 3 aromatic rings. The lowest BCUT2D eigenvalue weighted by atomic mass is 9.85. The maximum absolute atomic E-state index is 14.8. The van der Waals surface area contributed by atoms with Crippen LogP contribution in [0.25, 0.3) is 0 Å². The summed E-state index contributed by atoms with van der Waals surface area (Å²) in [6, 6.07) is 19.2. The van der Waals surface area contributed by atoms with Crippen molar-refractivity contribution in [3.8, 4) is 0 Å². The Morgan fingerprint density at radius 2 is 1.23 bits per heavy atom. The van der Waals surface area contributed by atoms with Crippen LogP contribution in [0, 0.1) is 11.3 Å². The maximum Gasteiger partial charge on any atom is 0.410 e. The van der Waals surface area contributed by atoms with Gasteiger partial charge in [-0.3, -0.25) is 38.5 Å². The van der Waals surface area contributed by atoms with E-state index in [0.717, 1.165) is 59.3 Å². The van der Waals surface area contributed by atoms with E-state index < -0.39 is 77.2 Å². The summed E-state index contributed by atoms with van der Waals surface area (Å²) >= 11 is 0. The molecule has 2 saturated heterocycles. The van der Waals surface area contributed by atoms with Crippen LogP contribution in [0.4, 0.5) is 9.59 Å². The van der Waals surface area contributed by atoms with Crippen LogP contribution in [0.15, 0.2) is 78.9 Å². The quantitative estimate of drug-likeness (QED) is 0.0602. The minimum atomic E-state index is -1.13. The Balaban J connectivity index is 0.942. The first kappa shape index (κ1) is 64.1. The third-order valence-corrected chi connectivity index (χ3v) is 16.4. The number of carbonyl (C=O) groups is 9. The number of fused-ring (bicyclic) bond motifs is 2. The Morgan fingerprint density at radius 1 is 0.667 bits per heavy atom. The number of rotatable bonds is 21. The topological polar surface area (TPSA) is 254 Å². The molecule has 9 atom stereocenters. The zero-order valence-corrected chi connectivity index (χ0v) is 50.6. The highest BCUT2D eigenvalue weighted by Gasteiger charge is 2.47. The molecule has 2 heterocycles. The molecule has 0 unspecified atom stereocenters. The number of ether oxygens (including phenoxy) is 2. The second-order valence-corrected chi connectivity index (χ2v) is 25.3. The number of hydrogen-bond donors (Lipinski definition) is 6. The van der Waals surface area contributed by atoms with Gasteiger partial charge in [-0.15, -0.1) is 0 Å². The molecule has 2 aliphatic carbocycles. The van der Waals surface area contributed by atoms with E-state index in [1.54, 1.807) is 46.4 Å². The lowest BCUT2D eigenvalue weighted by Crippen LogP contribution is -2.60. The first-order valence-corrected chi connectivity index (χ1v) is 30.0. The minimum absolute atomic E-state index is 0.00539. The van der Waals surface area contributed by atoms with E-state index in [1.165, 1.54) is 24.4 Å². The summed E-state index contributed by atoms with van der Waals surface area (Å²) < 4.78 is 11.0. The number of likely N-dealkylation sites (tertiary alicyclic amines) is 2. The SMILES string of the molecule is C[C@H]1C[C@@H](C(=O)N[C@@H]2CCCc3ccccc32)N(C(=O)[C@H](CCCNC(=O)CCCC(=O)N[C@H]2C[C@@H](C(=O)N[C@@H]3CCCc4ccccc43)N(C(=O)[C@@H](NC(=O)[C@H](C)N(C)C(=O)OC(C)(C)C)C(C)(C)C)C2)NC(=O)OCc2ccccc2)C1. The summed E-state index contributed by atoms with van der Waals surface area (Å²) in [4.78, 5) is 129. The molecule has 456 valence electrons. The predicted octanol–water partition coefficient (Wildman–Crippen LogP) is 6.84. The highest BCUT2D eigenvalue weighted by molar-refractivity contribution is 5.95. The third kappa shape index (κ3) is 17.5. The van der Waals surface area contributed by atoms with Crippen LogP contribution >= 0.6 is 0 Å². The van der Waals surface area contributed by atoms with E-state index >= 15 is 0 Å². The second-order valence-electron chi connectivity index (χ2n) is 25.3. The molecule has 0 bridgehead atoms. The van der Waals surface area contributed by atoms with E-state index in [4.69, 9.17) is 9.47 Å². The van der Waals surface area contributed by atoms with Crippen LogP contribution in [-0.4, -0.2) is 137 Å². The number of carbonyl (C=O) groups excluding carboxylic acids is 9. The fraction of sp³-hybridized carbons (Fsp3) is 0.578. The molecule has 3 aromatic carbocycles. The van der Waals surface area contributed by atoms with Crippen LogP contribution < -0.4 is 31.9 Å². The lowest BCUT2D eigenvalue weighted by molar-refractivity contribution is -0.144. The number of amides is 9. The van der Waals surface area contributed by atoms with Crippen LogP contribution in [-0.2, 0) is 62.5 Å². The van der Waals surface area contributed by atoms with Crippen molar-refractivity contribution in [1.29, 1.82) is 0 Å². The van der Waals surface area contributed by atoms with Gasteiger partial charge in [0, 0.05) is 45.6 Å². The van der Waals surface area contributed by atoms with E-state index in [-0.39, 0.29) is 93.4 Å². The Labute approximate surface area is 495 Å². The molecular weight excluding hydrogens is 1070 g/mol. The molecule has 20 nitrogen and oxygen atoms in total. The zero-order valence-electron chi connectivity index (χ0n) is 50.6. The Kier molecular flexibility index (Phi) is 22.0. The van der Waals surface area contributed by atoms with Crippen molar-refractivity contribution in [3.63, 3.8) is 0 Å². The minimum Gasteiger partial charge on any atom is -0.445 e. The van der Waals surface area contributed by atoms with Crippen molar-refractivity contribution < 1.29 is 52.6 Å². The van der Waals surface area contributed by atoms with Gasteiger partial charge in [-0.25, -0.2) is 9.59 Å². The molecule has 4 aliphatic rings. The molecule has 0 radical (unpaired) electrons. The number of hydrogen-bond acceptors (Lipinski definition) is 11. The van der Waals surface area contributed by atoms with Crippen molar-refractivity contribution in [2.45, 2.75) is 199 Å². The van der Waals surface area contributed by atoms with Gasteiger partial charge < -0.3 is 51.2 Å². The van der Waals surface area contributed by atoms with Gasteiger partial charge in [-0.1, -0.05) is 107 Å². The molecule has 0 saturated carbocycles. The van der Waals surface area contributed by atoms with E-state index in [1.807, 2.05) is 79.7 Å². The average Bonchev–Trinajstić information content (AvgIpc) is 4.28. The van der Waals surface area contributed by atoms with Crippen molar-refractivity contribution in [1.82, 2.24) is 46.6 Å². The average molecular weight is 1160 g/mol. The second kappa shape index (κ2) is 28.9. The highest BCUT2D eigenvalue weighted by Crippen LogP contribution is 2.34. The standard InChI is InChI=1S/C64H89N9O11/c1-40-35-51(57(77)67-48-29-17-25-43-23-13-15-27-46(43)48)72(37-40)59(79)50(69-61(81)83-39-42-21-11-10-12-22-42)31-20-34-65-53(74)32-19-33-54(75)66-45-36-52(58(78)68-49-30-18-26-44-24-14-16-28-47(44)49)73(38-45)60(80)55(63(3,4)5)70-56(76)41(2)71(9)62(82)84-64(6,7)8/h10-16,21-24,27-28,40-41,45,48-52,55H,17-20,25-26,29-39H2,1-9H3,(H,65,74)(H,66,75)(H,67,77)(H,68,78)(H,69,81)(H,70,76)/t40-,41-,45-,48+,49+,50-,51-,52-,55+/m0/s1. The number of likely N-dealkylation sites (N-methyl/N-ethyl adjacent to an activating group) is 1. The van der Waals surface area contributed by atoms with Gasteiger partial charge in [0.15, 0.2) is 0 Å². The number of nitrogens with one attached hydrogen (secondary N) is 6. The van der Waals surface area contributed by atoms with Gasteiger partial charge >= 0.3 is 12.2 Å². The van der Waals surface area contributed by atoms with Gasteiger partial charge in [-0.05, 0) is 137 Å². The van der Waals surface area contributed by atoms with E-state index in [0.29, 0.717) is 25.8 Å².